The minimum absolute atomic E-state index is 0.0936. The van der Waals surface area contributed by atoms with E-state index >= 15 is 0 Å². The molecule has 1 aliphatic carbocycles. The van der Waals surface area contributed by atoms with E-state index < -0.39 is 0 Å². The van der Waals surface area contributed by atoms with Crippen LogP contribution in [0.4, 0.5) is 0 Å². The lowest BCUT2D eigenvalue weighted by Crippen LogP contribution is -2.37. The lowest BCUT2D eigenvalue weighted by molar-refractivity contribution is 0.0706. The molecule has 6 heteroatoms. The Morgan fingerprint density at radius 3 is 2.88 bits per heavy atom. The highest BCUT2D eigenvalue weighted by Gasteiger charge is 2.35. The Hall–Kier alpha value is -1.95. The van der Waals surface area contributed by atoms with Gasteiger partial charge in [0.15, 0.2) is 5.65 Å². The van der Waals surface area contributed by atoms with E-state index in [0.29, 0.717) is 17.5 Å². The van der Waals surface area contributed by atoms with E-state index in [1.807, 2.05) is 15.6 Å². The van der Waals surface area contributed by atoms with Crippen LogP contribution in [0, 0.1) is 5.92 Å². The molecule has 2 aliphatic rings. The maximum Gasteiger partial charge on any atom is 0.255 e. The first kappa shape index (κ1) is 15.6. The monoisotopic (exact) mass is 328 g/mol. The van der Waals surface area contributed by atoms with Crippen LogP contribution in [0.3, 0.4) is 0 Å². The van der Waals surface area contributed by atoms with Crippen LogP contribution >= 0.6 is 0 Å². The summed E-state index contributed by atoms with van der Waals surface area (Å²) in [5.74, 6) is 0.561. The Morgan fingerprint density at radius 2 is 2.21 bits per heavy atom. The van der Waals surface area contributed by atoms with Gasteiger partial charge < -0.3 is 9.64 Å². The predicted molar refractivity (Wildman–Crippen MR) is 90.9 cm³/mol. The Balaban J connectivity index is 1.58. The topological polar surface area (TPSA) is 60.2 Å². The predicted octanol–water partition coefficient (Wildman–Crippen LogP) is 2.65. The van der Waals surface area contributed by atoms with E-state index in [4.69, 9.17) is 4.74 Å². The summed E-state index contributed by atoms with van der Waals surface area (Å²) in [4.78, 5) is 19.6. The fourth-order valence-electron chi connectivity index (χ4n) is 3.39. The third-order valence-corrected chi connectivity index (χ3v) is 4.90. The second-order valence-corrected chi connectivity index (χ2v) is 7.24. The Kier molecular flexibility index (Phi) is 4.00. The number of hydrogen-bond acceptors (Lipinski definition) is 4. The number of hydrogen-bond donors (Lipinski definition) is 0. The van der Waals surface area contributed by atoms with Crippen molar-refractivity contribution in [3.63, 3.8) is 0 Å². The van der Waals surface area contributed by atoms with E-state index in [1.165, 1.54) is 0 Å². The number of amides is 1. The number of ether oxygens (including phenoxy) is 1. The Bertz CT molecular complexity index is 745. The SMILES string of the molecule is CC(C)n1ncc2cc(C(=O)N(CC3CCOC3)C3CC3)cnc21. The van der Waals surface area contributed by atoms with E-state index in [9.17, 15) is 4.79 Å². The molecule has 128 valence electrons. The van der Waals surface area contributed by atoms with Gasteiger partial charge in [0.1, 0.15) is 0 Å². The normalized spacial score (nSPS) is 20.9. The van der Waals surface area contributed by atoms with E-state index in [0.717, 1.165) is 50.1 Å². The van der Waals surface area contributed by atoms with Crippen molar-refractivity contribution < 1.29 is 9.53 Å². The molecule has 1 saturated heterocycles. The van der Waals surface area contributed by atoms with Gasteiger partial charge in [0.25, 0.3) is 5.91 Å². The number of nitrogens with zero attached hydrogens (tertiary/aromatic N) is 4. The van der Waals surface area contributed by atoms with Crippen LogP contribution in [0.2, 0.25) is 0 Å². The van der Waals surface area contributed by atoms with Crippen molar-refractivity contribution in [1.82, 2.24) is 19.7 Å². The summed E-state index contributed by atoms with van der Waals surface area (Å²) in [5, 5.41) is 5.31. The second kappa shape index (κ2) is 6.16. The lowest BCUT2D eigenvalue weighted by Gasteiger charge is -2.25. The Labute approximate surface area is 141 Å². The van der Waals surface area contributed by atoms with Gasteiger partial charge >= 0.3 is 0 Å². The zero-order valence-corrected chi connectivity index (χ0v) is 14.3. The summed E-state index contributed by atoms with van der Waals surface area (Å²) in [6, 6.07) is 2.57. The average Bonchev–Trinajstić information content (AvgIpc) is 3.11. The molecule has 0 bridgehead atoms. The fraction of sp³-hybridized carbons (Fsp3) is 0.611. The van der Waals surface area contributed by atoms with Crippen LogP contribution in [-0.2, 0) is 4.74 Å². The highest BCUT2D eigenvalue weighted by atomic mass is 16.5. The molecule has 1 aliphatic heterocycles. The molecule has 0 radical (unpaired) electrons. The second-order valence-electron chi connectivity index (χ2n) is 7.24. The number of carbonyl (C=O) groups is 1. The van der Waals surface area contributed by atoms with Crippen LogP contribution in [0.1, 0.15) is 49.5 Å². The van der Waals surface area contributed by atoms with Gasteiger partial charge in [-0.3, -0.25) is 4.79 Å². The molecule has 1 amide bonds. The molecule has 2 aromatic rings. The number of pyridine rings is 1. The van der Waals surface area contributed by atoms with Gasteiger partial charge in [-0.25, -0.2) is 9.67 Å². The van der Waals surface area contributed by atoms with Crippen LogP contribution in [0.25, 0.3) is 11.0 Å². The van der Waals surface area contributed by atoms with Crippen molar-refractivity contribution in [2.75, 3.05) is 19.8 Å². The molecule has 1 atom stereocenters. The maximum atomic E-state index is 13.0. The summed E-state index contributed by atoms with van der Waals surface area (Å²) < 4.78 is 7.35. The van der Waals surface area contributed by atoms with Crippen molar-refractivity contribution >= 4 is 16.9 Å². The zero-order chi connectivity index (χ0) is 16.7. The molecule has 0 N–H and O–H groups in total. The molecule has 1 saturated carbocycles. The number of aromatic nitrogens is 3. The van der Waals surface area contributed by atoms with Gasteiger partial charge in [-0.1, -0.05) is 0 Å². The average molecular weight is 328 g/mol. The quantitative estimate of drug-likeness (QED) is 0.846. The maximum absolute atomic E-state index is 13.0. The van der Waals surface area contributed by atoms with Crippen LogP contribution < -0.4 is 0 Å². The summed E-state index contributed by atoms with van der Waals surface area (Å²) in [5.41, 5.74) is 1.50. The van der Waals surface area contributed by atoms with E-state index in [1.54, 1.807) is 12.4 Å². The van der Waals surface area contributed by atoms with Crippen molar-refractivity contribution in [1.29, 1.82) is 0 Å². The van der Waals surface area contributed by atoms with Crippen LogP contribution in [-0.4, -0.2) is 51.4 Å². The largest absolute Gasteiger partial charge is 0.381 e. The van der Waals surface area contributed by atoms with E-state index in [-0.39, 0.29) is 11.9 Å². The standard InChI is InChI=1S/C18H24N4O2/c1-12(2)22-17-14(9-20-22)7-15(8-19-17)18(23)21(16-3-4-16)10-13-5-6-24-11-13/h7-9,12-13,16H,3-6,10-11H2,1-2H3. The molecule has 2 fully saturated rings. The third kappa shape index (κ3) is 2.90. The molecule has 3 heterocycles. The highest BCUT2D eigenvalue weighted by Crippen LogP contribution is 2.30. The summed E-state index contributed by atoms with van der Waals surface area (Å²) in [6.45, 7) is 6.54. The molecule has 4 rings (SSSR count). The van der Waals surface area contributed by atoms with E-state index in [2.05, 4.69) is 23.9 Å². The van der Waals surface area contributed by atoms with Crippen LogP contribution in [0.15, 0.2) is 18.5 Å². The molecule has 2 aromatic heterocycles. The van der Waals surface area contributed by atoms with Crippen molar-refractivity contribution in [2.45, 2.75) is 45.2 Å². The van der Waals surface area contributed by atoms with Gasteiger partial charge in [-0.15, -0.1) is 0 Å². The van der Waals surface area contributed by atoms with Gasteiger partial charge in [0.2, 0.25) is 0 Å². The van der Waals surface area contributed by atoms with Crippen LogP contribution in [0.5, 0.6) is 0 Å². The Morgan fingerprint density at radius 1 is 1.38 bits per heavy atom. The van der Waals surface area contributed by atoms with Gasteiger partial charge in [0, 0.05) is 42.7 Å². The van der Waals surface area contributed by atoms with Gasteiger partial charge in [0.05, 0.1) is 18.4 Å². The number of fused-ring (bicyclic) bond motifs is 1. The minimum atomic E-state index is 0.0936. The van der Waals surface area contributed by atoms with Crippen molar-refractivity contribution in [2.24, 2.45) is 5.92 Å². The van der Waals surface area contributed by atoms with Gasteiger partial charge in [-0.2, -0.15) is 5.10 Å². The smallest absolute Gasteiger partial charge is 0.255 e. The number of rotatable bonds is 5. The molecule has 24 heavy (non-hydrogen) atoms. The molecular formula is C18H24N4O2. The minimum Gasteiger partial charge on any atom is -0.381 e. The fourth-order valence-corrected chi connectivity index (χ4v) is 3.39. The molecular weight excluding hydrogens is 304 g/mol. The summed E-state index contributed by atoms with van der Waals surface area (Å²) in [7, 11) is 0. The van der Waals surface area contributed by atoms with Crippen molar-refractivity contribution in [3.05, 3.63) is 24.0 Å². The lowest BCUT2D eigenvalue weighted by atomic mass is 10.1. The van der Waals surface area contributed by atoms with Gasteiger partial charge in [-0.05, 0) is 39.2 Å². The number of carbonyl (C=O) groups excluding carboxylic acids is 1. The summed E-state index contributed by atoms with van der Waals surface area (Å²) in [6.07, 6.45) is 6.77. The van der Waals surface area contributed by atoms with Crippen molar-refractivity contribution in [3.8, 4) is 0 Å². The molecule has 6 nitrogen and oxygen atoms in total. The molecule has 0 spiro atoms. The first-order valence-corrected chi connectivity index (χ1v) is 8.85. The first-order chi connectivity index (χ1) is 11.6. The molecule has 1 unspecified atom stereocenters. The first-order valence-electron chi connectivity index (χ1n) is 8.85. The highest BCUT2D eigenvalue weighted by molar-refractivity contribution is 5.97. The molecule has 0 aromatic carbocycles. The summed E-state index contributed by atoms with van der Waals surface area (Å²) >= 11 is 0. The third-order valence-electron chi connectivity index (χ3n) is 4.90. The zero-order valence-electron chi connectivity index (χ0n) is 14.3.